The van der Waals surface area contributed by atoms with E-state index in [1.165, 1.54) is 6.20 Å². The summed E-state index contributed by atoms with van der Waals surface area (Å²) in [5.41, 5.74) is 4.09. The van der Waals surface area contributed by atoms with Crippen LogP contribution in [0.25, 0.3) is 22.2 Å². The molecule has 43 heavy (non-hydrogen) atoms. The number of anilines is 4. The molecule has 0 spiro atoms. The second kappa shape index (κ2) is 12.7. The SMILES string of the molecule is C#CNC(=O)Nc1cc(Nc2ncc(C(=O)OC(C)C)c(-c3cn(C)c4ccccc34)n2)c(OC)cc1N1CCOCC1. The molecule has 2 aromatic heterocycles. The van der Waals surface area contributed by atoms with E-state index in [1.807, 2.05) is 48.1 Å². The van der Waals surface area contributed by atoms with Crippen molar-refractivity contribution in [3.05, 3.63) is 54.4 Å². The van der Waals surface area contributed by atoms with Crippen LogP contribution in [0.1, 0.15) is 24.2 Å². The molecule has 0 saturated carbocycles. The molecule has 0 bridgehead atoms. The Labute approximate surface area is 249 Å². The molecule has 0 radical (unpaired) electrons. The highest BCUT2D eigenvalue weighted by molar-refractivity contribution is 6.03. The van der Waals surface area contributed by atoms with Crippen LogP contribution in [-0.4, -0.2) is 66.1 Å². The molecule has 222 valence electrons. The Kier molecular flexibility index (Phi) is 8.64. The van der Waals surface area contributed by atoms with Crippen LogP contribution in [0.2, 0.25) is 0 Å². The molecule has 1 aliphatic heterocycles. The largest absolute Gasteiger partial charge is 0.494 e. The number of hydrogen-bond donors (Lipinski definition) is 3. The fourth-order valence-electron chi connectivity index (χ4n) is 4.95. The molecule has 4 aromatic rings. The van der Waals surface area contributed by atoms with Crippen molar-refractivity contribution >= 4 is 45.9 Å². The third kappa shape index (κ3) is 6.32. The smallest absolute Gasteiger partial charge is 0.342 e. The summed E-state index contributed by atoms with van der Waals surface area (Å²) in [6.07, 6.45) is 8.32. The number of fused-ring (bicyclic) bond motifs is 1. The average molecular weight is 584 g/mol. The molecule has 12 nitrogen and oxygen atoms in total. The Morgan fingerprint density at radius 3 is 2.63 bits per heavy atom. The van der Waals surface area contributed by atoms with Crippen molar-refractivity contribution in [1.29, 1.82) is 0 Å². The number of morpholine rings is 1. The number of esters is 1. The summed E-state index contributed by atoms with van der Waals surface area (Å²) in [5.74, 6) is 0.173. The summed E-state index contributed by atoms with van der Waals surface area (Å²) in [7, 11) is 3.49. The number of nitrogens with one attached hydrogen (secondary N) is 3. The van der Waals surface area contributed by atoms with Gasteiger partial charge in [-0.05, 0) is 26.0 Å². The zero-order valence-corrected chi connectivity index (χ0v) is 24.4. The molecular weight excluding hydrogens is 550 g/mol. The van der Waals surface area contributed by atoms with Crippen molar-refractivity contribution in [2.24, 2.45) is 7.05 Å². The molecule has 0 unspecified atom stereocenters. The van der Waals surface area contributed by atoms with Crippen LogP contribution < -0.4 is 25.6 Å². The summed E-state index contributed by atoms with van der Waals surface area (Å²) >= 11 is 0. The molecule has 12 heteroatoms. The van der Waals surface area contributed by atoms with Crippen molar-refractivity contribution in [2.75, 3.05) is 48.9 Å². The number of benzene rings is 2. The van der Waals surface area contributed by atoms with Crippen molar-refractivity contribution < 1.29 is 23.8 Å². The first-order valence-electron chi connectivity index (χ1n) is 13.8. The third-order valence-corrected chi connectivity index (χ3v) is 6.85. The molecule has 3 heterocycles. The van der Waals surface area contributed by atoms with Crippen LogP contribution in [0.3, 0.4) is 0 Å². The number of para-hydroxylation sites is 1. The first kappa shape index (κ1) is 29.2. The van der Waals surface area contributed by atoms with E-state index in [9.17, 15) is 9.59 Å². The Morgan fingerprint density at radius 1 is 1.14 bits per heavy atom. The molecule has 0 atom stereocenters. The van der Waals surface area contributed by atoms with Gasteiger partial charge in [0.1, 0.15) is 11.3 Å². The Bertz CT molecular complexity index is 1700. The lowest BCUT2D eigenvalue weighted by atomic mass is 10.1. The van der Waals surface area contributed by atoms with Gasteiger partial charge >= 0.3 is 12.0 Å². The number of hydrogen-bond acceptors (Lipinski definition) is 9. The summed E-state index contributed by atoms with van der Waals surface area (Å²) in [4.78, 5) is 36.9. The van der Waals surface area contributed by atoms with Crippen LogP contribution in [0, 0.1) is 12.5 Å². The quantitative estimate of drug-likeness (QED) is 0.156. The number of nitrogens with zero attached hydrogens (tertiary/aromatic N) is 4. The van der Waals surface area contributed by atoms with Crippen molar-refractivity contribution in [3.63, 3.8) is 0 Å². The second-order valence-electron chi connectivity index (χ2n) is 10.1. The highest BCUT2D eigenvalue weighted by Gasteiger charge is 2.24. The first-order chi connectivity index (χ1) is 20.8. The minimum Gasteiger partial charge on any atom is -0.494 e. The average Bonchev–Trinajstić information content (AvgIpc) is 3.33. The van der Waals surface area contributed by atoms with Crippen molar-refractivity contribution in [1.82, 2.24) is 19.9 Å². The number of terminal acetylenes is 1. The zero-order valence-electron chi connectivity index (χ0n) is 24.4. The molecule has 3 N–H and O–H groups in total. The van der Waals surface area contributed by atoms with Crippen LogP contribution in [0.15, 0.2) is 48.8 Å². The highest BCUT2D eigenvalue weighted by atomic mass is 16.5. The fourth-order valence-corrected chi connectivity index (χ4v) is 4.95. The summed E-state index contributed by atoms with van der Waals surface area (Å²) in [6, 6.07) is 13.0. The van der Waals surface area contributed by atoms with E-state index < -0.39 is 12.0 Å². The minimum absolute atomic E-state index is 0.209. The van der Waals surface area contributed by atoms with Gasteiger partial charge in [-0.3, -0.25) is 5.32 Å². The van der Waals surface area contributed by atoms with Gasteiger partial charge in [0.25, 0.3) is 0 Å². The van der Waals surface area contributed by atoms with Crippen LogP contribution in [-0.2, 0) is 16.5 Å². The molecule has 1 aliphatic rings. The number of carbonyl (C=O) groups excluding carboxylic acids is 2. The van der Waals surface area contributed by atoms with Crippen LogP contribution in [0.5, 0.6) is 5.75 Å². The predicted molar refractivity (Wildman–Crippen MR) is 165 cm³/mol. The van der Waals surface area contributed by atoms with Crippen molar-refractivity contribution in [2.45, 2.75) is 20.0 Å². The molecule has 1 fully saturated rings. The third-order valence-electron chi connectivity index (χ3n) is 6.85. The van der Waals surface area contributed by atoms with Crippen molar-refractivity contribution in [3.8, 4) is 29.5 Å². The molecule has 0 aliphatic carbocycles. The van der Waals surface area contributed by atoms with Gasteiger partial charge in [-0.2, -0.15) is 0 Å². The Balaban J connectivity index is 1.59. The van der Waals surface area contributed by atoms with E-state index in [4.69, 9.17) is 25.6 Å². The first-order valence-corrected chi connectivity index (χ1v) is 13.8. The standard InChI is InChI=1S/C31H33N7O5/c1-6-32-31(40)35-23-15-24(27(41-5)16-26(23)38-11-13-42-14-12-38)34-30-33-17-21(29(39)43-19(2)3)28(36-30)22-18-37(4)25-10-8-7-9-20(22)25/h1,7-10,15-19H,11-14H2,2-5H3,(H2,32,35,40)(H,33,34,36). The molecule has 1 saturated heterocycles. The Hall–Kier alpha value is -5.28. The zero-order chi connectivity index (χ0) is 30.5. The Morgan fingerprint density at radius 2 is 1.91 bits per heavy atom. The summed E-state index contributed by atoms with van der Waals surface area (Å²) in [5, 5.41) is 9.25. The number of aryl methyl sites for hydroxylation is 1. The van der Waals surface area contributed by atoms with Gasteiger partial charge in [0.15, 0.2) is 0 Å². The lowest BCUT2D eigenvalue weighted by Crippen LogP contribution is -2.37. The van der Waals surface area contributed by atoms with E-state index in [0.29, 0.717) is 49.1 Å². The number of amides is 2. The number of carbonyl (C=O) groups is 2. The fraction of sp³-hybridized carbons (Fsp3) is 0.290. The molecule has 2 amide bonds. The van der Waals surface area contributed by atoms with Gasteiger partial charge < -0.3 is 34.3 Å². The normalized spacial score (nSPS) is 13.0. The number of aromatic nitrogens is 3. The van der Waals surface area contributed by atoms with E-state index in [2.05, 4.69) is 31.9 Å². The van der Waals surface area contributed by atoms with E-state index in [0.717, 1.165) is 22.2 Å². The topological polar surface area (TPSA) is 132 Å². The number of methoxy groups -OCH3 is 1. The molecular formula is C31H33N7O5. The van der Waals surface area contributed by atoms with E-state index >= 15 is 0 Å². The predicted octanol–water partition coefficient (Wildman–Crippen LogP) is 4.50. The number of rotatable bonds is 8. The van der Waals surface area contributed by atoms with Gasteiger partial charge in [0.2, 0.25) is 5.95 Å². The van der Waals surface area contributed by atoms with Gasteiger partial charge in [0, 0.05) is 61.1 Å². The van der Waals surface area contributed by atoms with E-state index in [-0.39, 0.29) is 17.6 Å². The van der Waals surface area contributed by atoms with Gasteiger partial charge in [-0.25, -0.2) is 19.6 Å². The maximum atomic E-state index is 13.1. The lowest BCUT2D eigenvalue weighted by Gasteiger charge is -2.31. The molecule has 2 aromatic carbocycles. The highest BCUT2D eigenvalue weighted by Crippen LogP contribution is 2.39. The maximum absolute atomic E-state index is 13.1. The van der Waals surface area contributed by atoms with Gasteiger partial charge in [-0.15, -0.1) is 0 Å². The minimum atomic E-state index is -0.560. The summed E-state index contributed by atoms with van der Waals surface area (Å²) in [6.45, 7) is 5.94. The maximum Gasteiger partial charge on any atom is 0.342 e. The summed E-state index contributed by atoms with van der Waals surface area (Å²) < 4.78 is 18.7. The second-order valence-corrected chi connectivity index (χ2v) is 10.1. The monoisotopic (exact) mass is 583 g/mol. The van der Waals surface area contributed by atoms with Gasteiger partial charge in [-0.1, -0.05) is 24.6 Å². The number of ether oxygens (including phenoxy) is 3. The lowest BCUT2D eigenvalue weighted by molar-refractivity contribution is 0.0378. The number of urea groups is 1. The van der Waals surface area contributed by atoms with Crippen LogP contribution in [0.4, 0.5) is 27.8 Å². The van der Waals surface area contributed by atoms with Gasteiger partial charge in [0.05, 0.1) is 49.2 Å². The van der Waals surface area contributed by atoms with Crippen LogP contribution >= 0.6 is 0 Å². The van der Waals surface area contributed by atoms with E-state index in [1.54, 1.807) is 27.0 Å². The molecule has 5 rings (SSSR count).